The van der Waals surface area contributed by atoms with E-state index in [1.54, 1.807) is 12.4 Å². The van der Waals surface area contributed by atoms with E-state index in [2.05, 4.69) is 94.0 Å². The van der Waals surface area contributed by atoms with Crippen molar-refractivity contribution in [3.05, 3.63) is 140 Å². The number of aromatic nitrogens is 4. The van der Waals surface area contributed by atoms with E-state index in [4.69, 9.17) is 0 Å². The van der Waals surface area contributed by atoms with E-state index >= 15 is 0 Å². The van der Waals surface area contributed by atoms with Crippen molar-refractivity contribution >= 4 is 38.6 Å². The number of nitrogens with zero attached hydrogens (tertiary/aromatic N) is 5. The minimum Gasteiger partial charge on any atom is -0.357 e. The standard InChI is InChI=1S/C32H21N5.Pt/c1-3-15-30-24(9-1)21-25-10-2-4-16-31(25)32(30)37(28-13-5-11-26(22-28)35-19-7-17-33-35)29-14-6-12-27(23-29)36-20-8-18-34-36;/h1-21H;/q-2;+2. The molecule has 0 N–H and O–H groups in total. The van der Waals surface area contributed by atoms with Crippen molar-refractivity contribution in [2.24, 2.45) is 0 Å². The zero-order chi connectivity index (χ0) is 24.6. The summed E-state index contributed by atoms with van der Waals surface area (Å²) in [6, 6.07) is 42.6. The molecule has 0 fully saturated rings. The molecule has 0 unspecified atom stereocenters. The average Bonchev–Trinajstić information content (AvgIpc) is 3.69. The number of anilines is 3. The van der Waals surface area contributed by atoms with Crippen LogP contribution in [0.1, 0.15) is 0 Å². The van der Waals surface area contributed by atoms with Crippen LogP contribution >= 0.6 is 0 Å². The molecule has 38 heavy (non-hydrogen) atoms. The quantitative estimate of drug-likeness (QED) is 0.141. The van der Waals surface area contributed by atoms with Gasteiger partial charge in [0, 0.05) is 35.6 Å². The van der Waals surface area contributed by atoms with E-state index < -0.39 is 0 Å². The molecular weight excluding hydrogens is 649 g/mol. The minimum absolute atomic E-state index is 0. The second-order valence-corrected chi connectivity index (χ2v) is 8.75. The first-order valence-electron chi connectivity index (χ1n) is 12.1. The van der Waals surface area contributed by atoms with Gasteiger partial charge in [0.05, 0.1) is 5.69 Å². The first kappa shape index (κ1) is 23.9. The predicted molar refractivity (Wildman–Crippen MR) is 148 cm³/mol. The number of hydrogen-bond donors (Lipinski definition) is 0. The zero-order valence-electron chi connectivity index (χ0n) is 20.2. The van der Waals surface area contributed by atoms with Crippen LogP contribution in [-0.4, -0.2) is 19.6 Å². The van der Waals surface area contributed by atoms with Gasteiger partial charge in [0.15, 0.2) is 0 Å². The molecule has 0 amide bonds. The number of fused-ring (bicyclic) bond motifs is 2. The van der Waals surface area contributed by atoms with Gasteiger partial charge in [0.1, 0.15) is 0 Å². The molecule has 5 aromatic carbocycles. The molecule has 7 aromatic rings. The third-order valence-electron chi connectivity index (χ3n) is 6.48. The molecule has 0 saturated heterocycles. The van der Waals surface area contributed by atoms with Crippen LogP contribution in [0.25, 0.3) is 32.9 Å². The Balaban J connectivity index is 0.00000264. The second kappa shape index (κ2) is 10.1. The molecule has 5 nitrogen and oxygen atoms in total. The Morgan fingerprint density at radius 1 is 0.553 bits per heavy atom. The molecule has 0 radical (unpaired) electrons. The summed E-state index contributed by atoms with van der Waals surface area (Å²) in [6.45, 7) is 0. The Bertz CT molecular complexity index is 1710. The Hall–Kier alpha value is -4.47. The first-order chi connectivity index (χ1) is 18.3. The van der Waals surface area contributed by atoms with Gasteiger partial charge in [-0.15, -0.1) is 36.4 Å². The molecule has 0 aliphatic heterocycles. The summed E-state index contributed by atoms with van der Waals surface area (Å²) in [6.07, 6.45) is 7.41. The van der Waals surface area contributed by atoms with Crippen LogP contribution in [0.15, 0.2) is 128 Å². The molecule has 0 saturated carbocycles. The van der Waals surface area contributed by atoms with E-state index in [-0.39, 0.29) is 21.1 Å². The van der Waals surface area contributed by atoms with Gasteiger partial charge in [-0.2, -0.15) is 22.3 Å². The van der Waals surface area contributed by atoms with Gasteiger partial charge >= 0.3 is 21.1 Å². The van der Waals surface area contributed by atoms with E-state index in [9.17, 15) is 0 Å². The van der Waals surface area contributed by atoms with Gasteiger partial charge < -0.3 is 4.90 Å². The number of hydrogen-bond acceptors (Lipinski definition) is 3. The second-order valence-electron chi connectivity index (χ2n) is 8.75. The van der Waals surface area contributed by atoms with E-state index in [1.165, 1.54) is 10.8 Å². The maximum absolute atomic E-state index is 4.43. The van der Waals surface area contributed by atoms with Crippen molar-refractivity contribution in [2.75, 3.05) is 4.90 Å². The predicted octanol–water partition coefficient (Wildman–Crippen LogP) is 7.43. The fraction of sp³-hybridized carbons (Fsp3) is 0. The Morgan fingerprint density at radius 3 is 1.53 bits per heavy atom. The van der Waals surface area contributed by atoms with Crippen LogP contribution in [0.2, 0.25) is 0 Å². The normalized spacial score (nSPS) is 10.9. The summed E-state index contributed by atoms with van der Waals surface area (Å²) < 4.78 is 3.65. The fourth-order valence-corrected chi connectivity index (χ4v) is 4.84. The summed E-state index contributed by atoms with van der Waals surface area (Å²) in [5.74, 6) is 0. The molecular formula is C32H21N5Pt. The first-order valence-corrected chi connectivity index (χ1v) is 12.1. The van der Waals surface area contributed by atoms with Gasteiger partial charge in [-0.3, -0.25) is 9.36 Å². The molecule has 2 aromatic heterocycles. The third kappa shape index (κ3) is 4.21. The van der Waals surface area contributed by atoms with Crippen molar-refractivity contribution < 1.29 is 21.1 Å². The van der Waals surface area contributed by atoms with Crippen molar-refractivity contribution in [3.8, 4) is 11.4 Å². The van der Waals surface area contributed by atoms with Gasteiger partial charge in [-0.05, 0) is 40.3 Å². The summed E-state index contributed by atoms with van der Waals surface area (Å²) in [5.41, 5.74) is 4.59. The average molecular weight is 671 g/mol. The van der Waals surface area contributed by atoms with Gasteiger partial charge in [-0.1, -0.05) is 59.9 Å². The monoisotopic (exact) mass is 670 g/mol. The molecule has 0 bridgehead atoms. The summed E-state index contributed by atoms with van der Waals surface area (Å²) in [5, 5.41) is 13.5. The van der Waals surface area contributed by atoms with Crippen molar-refractivity contribution in [2.45, 2.75) is 0 Å². The summed E-state index contributed by atoms with van der Waals surface area (Å²) >= 11 is 0. The SMILES string of the molecule is [Pt+2].[c-]1c(N(c2[c-]c(-n3cccn3)ccc2)c2c3ccccc3cc3ccccc23)cccc1-n1cccn1. The number of benzene rings is 5. The zero-order valence-corrected chi connectivity index (χ0v) is 22.4. The van der Waals surface area contributed by atoms with Crippen LogP contribution in [0.3, 0.4) is 0 Å². The Labute approximate surface area is 234 Å². The van der Waals surface area contributed by atoms with Crippen LogP contribution in [0.5, 0.6) is 0 Å². The third-order valence-corrected chi connectivity index (χ3v) is 6.48. The van der Waals surface area contributed by atoms with Crippen molar-refractivity contribution in [1.82, 2.24) is 19.6 Å². The molecule has 6 heteroatoms. The maximum atomic E-state index is 4.43. The van der Waals surface area contributed by atoms with Crippen LogP contribution in [-0.2, 0) is 21.1 Å². The maximum Gasteiger partial charge on any atom is 2.00 e. The summed E-state index contributed by atoms with van der Waals surface area (Å²) in [4.78, 5) is 2.24. The van der Waals surface area contributed by atoms with Crippen molar-refractivity contribution in [3.63, 3.8) is 0 Å². The fourth-order valence-electron chi connectivity index (χ4n) is 4.84. The van der Waals surface area contributed by atoms with Crippen molar-refractivity contribution in [1.29, 1.82) is 0 Å². The largest absolute Gasteiger partial charge is 2.00 e. The molecule has 0 spiro atoms. The van der Waals surface area contributed by atoms with E-state index in [0.29, 0.717) is 0 Å². The molecule has 0 atom stereocenters. The van der Waals surface area contributed by atoms with Crippen LogP contribution < -0.4 is 4.90 Å². The number of rotatable bonds is 5. The van der Waals surface area contributed by atoms with E-state index in [1.807, 2.05) is 58.2 Å². The Kier molecular flexibility index (Phi) is 6.36. The van der Waals surface area contributed by atoms with Gasteiger partial charge in [0.2, 0.25) is 0 Å². The van der Waals surface area contributed by atoms with Crippen LogP contribution in [0, 0.1) is 12.1 Å². The molecule has 0 aliphatic rings. The van der Waals surface area contributed by atoms with Crippen LogP contribution in [0.4, 0.5) is 17.1 Å². The smallest absolute Gasteiger partial charge is 0.357 e. The molecule has 184 valence electrons. The topological polar surface area (TPSA) is 38.9 Å². The van der Waals surface area contributed by atoms with E-state index in [0.717, 1.165) is 39.2 Å². The Morgan fingerprint density at radius 2 is 1.05 bits per heavy atom. The molecule has 0 aliphatic carbocycles. The minimum atomic E-state index is 0. The van der Waals surface area contributed by atoms with Gasteiger partial charge in [0.25, 0.3) is 0 Å². The van der Waals surface area contributed by atoms with Gasteiger partial charge in [-0.25, -0.2) is 0 Å². The summed E-state index contributed by atoms with van der Waals surface area (Å²) in [7, 11) is 0. The molecule has 7 rings (SSSR count). The molecule has 2 heterocycles.